The summed E-state index contributed by atoms with van der Waals surface area (Å²) in [6.07, 6.45) is 1.24. The van der Waals surface area contributed by atoms with Crippen LogP contribution in [-0.4, -0.2) is 48.6 Å². The van der Waals surface area contributed by atoms with E-state index in [4.69, 9.17) is 4.74 Å². The van der Waals surface area contributed by atoms with Gasteiger partial charge in [-0.15, -0.1) is 0 Å². The lowest BCUT2D eigenvalue weighted by molar-refractivity contribution is 0.137. The maximum atomic E-state index is 13.7. The van der Waals surface area contributed by atoms with Crippen molar-refractivity contribution in [1.82, 2.24) is 14.2 Å². The lowest BCUT2D eigenvalue weighted by atomic mass is 9.99. The molecule has 6 nitrogen and oxygen atoms in total. The predicted octanol–water partition coefficient (Wildman–Crippen LogP) is 3.59. The second-order valence-corrected chi connectivity index (χ2v) is 10.3. The Kier molecular flexibility index (Phi) is 6.55. The van der Waals surface area contributed by atoms with E-state index in [9.17, 15) is 17.2 Å². The fourth-order valence-corrected chi connectivity index (χ4v) is 5.12. The second-order valence-electron chi connectivity index (χ2n) is 8.34. The van der Waals surface area contributed by atoms with Gasteiger partial charge in [0.05, 0.1) is 30.3 Å². The average molecular weight is 452 g/mol. The number of aromatic nitrogens is 1. The normalized spacial score (nSPS) is 18.5. The van der Waals surface area contributed by atoms with Gasteiger partial charge in [-0.2, -0.15) is 0 Å². The van der Waals surface area contributed by atoms with Crippen LogP contribution in [-0.2, 0) is 29.7 Å². The SMILES string of the molecule is CS(=O)(=O)N1CCC(COc2cnc(CN3Cc4ccccc4C3)cc2C(F)F)CC1. The third-order valence-corrected chi connectivity index (χ3v) is 7.30. The lowest BCUT2D eigenvalue weighted by Gasteiger charge is -2.30. The van der Waals surface area contributed by atoms with Crippen LogP contribution in [0.5, 0.6) is 5.75 Å². The standard InChI is InChI=1S/C22H27F2N3O3S/c1-31(28,29)27-8-6-16(7-9-27)15-30-21-11-25-19(10-20(21)22(23)24)14-26-12-17-4-2-3-5-18(17)13-26/h2-5,10-11,16,22H,6-9,12-15H2,1H3. The van der Waals surface area contributed by atoms with Crippen molar-refractivity contribution in [2.45, 2.75) is 38.9 Å². The van der Waals surface area contributed by atoms with Gasteiger partial charge in [0.25, 0.3) is 6.43 Å². The zero-order valence-corrected chi connectivity index (χ0v) is 18.3. The van der Waals surface area contributed by atoms with Crippen molar-refractivity contribution in [2.75, 3.05) is 26.0 Å². The fourth-order valence-electron chi connectivity index (χ4n) is 4.24. The van der Waals surface area contributed by atoms with Crippen LogP contribution in [0.1, 0.15) is 41.7 Å². The van der Waals surface area contributed by atoms with Gasteiger partial charge in [-0.25, -0.2) is 21.5 Å². The molecule has 1 aromatic carbocycles. The van der Waals surface area contributed by atoms with Crippen LogP contribution in [0.25, 0.3) is 0 Å². The number of pyridine rings is 1. The van der Waals surface area contributed by atoms with E-state index in [1.54, 1.807) is 0 Å². The highest BCUT2D eigenvalue weighted by Gasteiger charge is 2.26. The number of hydrogen-bond donors (Lipinski definition) is 0. The van der Waals surface area contributed by atoms with Gasteiger partial charge in [0, 0.05) is 32.7 Å². The molecule has 0 spiro atoms. The predicted molar refractivity (Wildman–Crippen MR) is 113 cm³/mol. The molecule has 31 heavy (non-hydrogen) atoms. The number of ether oxygens (including phenoxy) is 1. The van der Waals surface area contributed by atoms with Gasteiger partial charge in [-0.3, -0.25) is 9.88 Å². The molecule has 4 rings (SSSR count). The third-order valence-electron chi connectivity index (χ3n) is 6.00. The van der Waals surface area contributed by atoms with E-state index in [0.717, 1.165) is 13.1 Å². The molecule has 0 radical (unpaired) electrons. The van der Waals surface area contributed by atoms with Gasteiger partial charge in [0.1, 0.15) is 5.75 Å². The molecule has 1 aromatic heterocycles. The number of hydrogen-bond acceptors (Lipinski definition) is 5. The summed E-state index contributed by atoms with van der Waals surface area (Å²) in [5, 5.41) is 0. The molecule has 0 amide bonds. The topological polar surface area (TPSA) is 62.7 Å². The van der Waals surface area contributed by atoms with Gasteiger partial charge in [0.15, 0.2) is 0 Å². The molecule has 2 aliphatic rings. The van der Waals surface area contributed by atoms with Gasteiger partial charge in [-0.1, -0.05) is 24.3 Å². The van der Waals surface area contributed by atoms with Gasteiger partial charge in [0.2, 0.25) is 10.0 Å². The minimum absolute atomic E-state index is 0.106. The highest BCUT2D eigenvalue weighted by atomic mass is 32.2. The molecule has 0 N–H and O–H groups in total. The van der Waals surface area contributed by atoms with Crippen molar-refractivity contribution in [3.05, 3.63) is 58.9 Å². The molecule has 1 fully saturated rings. The largest absolute Gasteiger partial charge is 0.491 e. The minimum atomic E-state index is -3.19. The molecule has 0 atom stereocenters. The number of halogens is 2. The summed E-state index contributed by atoms with van der Waals surface area (Å²) in [7, 11) is -3.19. The first kappa shape index (κ1) is 22.1. The van der Waals surface area contributed by atoms with Crippen LogP contribution in [0.2, 0.25) is 0 Å². The Morgan fingerprint density at radius 2 is 1.81 bits per heavy atom. The highest BCUT2D eigenvalue weighted by molar-refractivity contribution is 7.88. The summed E-state index contributed by atoms with van der Waals surface area (Å²) in [4.78, 5) is 6.55. The van der Waals surface area contributed by atoms with E-state index in [0.29, 0.717) is 38.2 Å². The molecular formula is C22H27F2N3O3S. The number of fused-ring (bicyclic) bond motifs is 1. The molecule has 0 bridgehead atoms. The molecule has 1 saturated heterocycles. The van der Waals surface area contributed by atoms with E-state index in [-0.39, 0.29) is 23.8 Å². The smallest absolute Gasteiger partial charge is 0.267 e. The fraction of sp³-hybridized carbons (Fsp3) is 0.500. The van der Waals surface area contributed by atoms with E-state index in [2.05, 4.69) is 22.0 Å². The zero-order valence-electron chi connectivity index (χ0n) is 17.5. The van der Waals surface area contributed by atoms with Crippen molar-refractivity contribution in [2.24, 2.45) is 5.92 Å². The Balaban J connectivity index is 1.36. The number of piperidine rings is 1. The van der Waals surface area contributed by atoms with Gasteiger partial charge >= 0.3 is 0 Å². The van der Waals surface area contributed by atoms with Gasteiger partial charge in [-0.05, 0) is 36.0 Å². The van der Waals surface area contributed by atoms with E-state index in [1.807, 2.05) is 12.1 Å². The van der Waals surface area contributed by atoms with Gasteiger partial charge < -0.3 is 4.74 Å². The summed E-state index contributed by atoms with van der Waals surface area (Å²) in [5.41, 5.74) is 2.98. The Morgan fingerprint density at radius 1 is 1.16 bits per heavy atom. The van der Waals surface area contributed by atoms with Crippen LogP contribution in [0, 0.1) is 5.92 Å². The zero-order chi connectivity index (χ0) is 22.0. The monoisotopic (exact) mass is 451 g/mol. The van der Waals surface area contributed by atoms with E-state index < -0.39 is 16.4 Å². The Bertz CT molecular complexity index is 999. The van der Waals surface area contributed by atoms with Crippen LogP contribution < -0.4 is 4.74 Å². The Morgan fingerprint density at radius 3 is 2.39 bits per heavy atom. The third kappa shape index (κ3) is 5.39. The average Bonchev–Trinajstić information content (AvgIpc) is 3.14. The van der Waals surface area contributed by atoms with Crippen molar-refractivity contribution < 1.29 is 21.9 Å². The molecule has 0 saturated carbocycles. The van der Waals surface area contributed by atoms with Crippen molar-refractivity contribution in [1.29, 1.82) is 0 Å². The quantitative estimate of drug-likeness (QED) is 0.644. The Labute approximate surface area is 181 Å². The van der Waals surface area contributed by atoms with Crippen molar-refractivity contribution in [3.8, 4) is 5.75 Å². The molecule has 0 aliphatic carbocycles. The summed E-state index contributed by atoms with van der Waals surface area (Å²) < 4.78 is 57.8. The van der Waals surface area contributed by atoms with E-state index in [1.165, 1.54) is 34.0 Å². The summed E-state index contributed by atoms with van der Waals surface area (Å²) >= 11 is 0. The number of alkyl halides is 2. The first-order valence-corrected chi connectivity index (χ1v) is 12.3. The molecule has 2 aliphatic heterocycles. The minimum Gasteiger partial charge on any atom is -0.491 e. The molecule has 2 aromatic rings. The summed E-state index contributed by atoms with van der Waals surface area (Å²) in [6.45, 7) is 3.21. The number of sulfonamides is 1. The van der Waals surface area contributed by atoms with Crippen LogP contribution >= 0.6 is 0 Å². The summed E-state index contributed by atoms with van der Waals surface area (Å²) in [5.74, 6) is 0.236. The lowest BCUT2D eigenvalue weighted by Crippen LogP contribution is -2.39. The van der Waals surface area contributed by atoms with Crippen LogP contribution in [0.15, 0.2) is 36.5 Å². The first-order chi connectivity index (χ1) is 14.8. The molecule has 3 heterocycles. The number of benzene rings is 1. The van der Waals surface area contributed by atoms with Crippen LogP contribution in [0.4, 0.5) is 8.78 Å². The first-order valence-electron chi connectivity index (χ1n) is 10.4. The molecular weight excluding hydrogens is 424 g/mol. The number of nitrogens with zero attached hydrogens (tertiary/aromatic N) is 3. The highest BCUT2D eigenvalue weighted by Crippen LogP contribution is 2.31. The second kappa shape index (κ2) is 9.18. The molecule has 168 valence electrons. The Hall–Kier alpha value is -2.10. The molecule has 0 unspecified atom stereocenters. The van der Waals surface area contributed by atoms with Crippen LogP contribution in [0.3, 0.4) is 0 Å². The summed E-state index contributed by atoms with van der Waals surface area (Å²) in [6, 6.07) is 9.63. The van der Waals surface area contributed by atoms with Crippen molar-refractivity contribution >= 4 is 10.0 Å². The maximum Gasteiger partial charge on any atom is 0.267 e. The molecule has 9 heteroatoms. The van der Waals surface area contributed by atoms with E-state index >= 15 is 0 Å². The van der Waals surface area contributed by atoms with Crippen molar-refractivity contribution in [3.63, 3.8) is 0 Å². The maximum absolute atomic E-state index is 13.7. The number of rotatable bonds is 7.